The predicted octanol–water partition coefficient (Wildman–Crippen LogP) is -0.937. The van der Waals surface area contributed by atoms with Crippen LogP contribution in [0.25, 0.3) is 0 Å². The maximum atomic E-state index is 9.88. The average Bonchev–Trinajstić information content (AvgIpc) is 2.79. The van der Waals surface area contributed by atoms with E-state index >= 15 is 0 Å². The van der Waals surface area contributed by atoms with Crippen molar-refractivity contribution in [1.29, 1.82) is 0 Å². The summed E-state index contributed by atoms with van der Waals surface area (Å²) in [6, 6.07) is 5.36. The van der Waals surface area contributed by atoms with Gasteiger partial charge < -0.3 is 31.3 Å². The quantitative estimate of drug-likeness (QED) is 0.451. The van der Waals surface area contributed by atoms with Crippen molar-refractivity contribution in [2.75, 3.05) is 37.4 Å². The van der Waals surface area contributed by atoms with Crippen molar-refractivity contribution in [3.63, 3.8) is 0 Å². The number of hydrogen-bond acceptors (Lipinski definition) is 6. The van der Waals surface area contributed by atoms with Gasteiger partial charge in [0.05, 0.1) is 18.8 Å². The predicted molar refractivity (Wildman–Crippen MR) is 74.0 cm³/mol. The number of nitrogens with two attached hydrogens (primary N) is 1. The standard InChI is InChI=1S/C13H21N3O3/c1-15-11-5-16(6-12(11)18)8-2-3-10(14)9(4-8)13(19)7-17/h2-4,11-13,15,17-19H,5-7,14H2,1H3. The molecule has 106 valence electrons. The van der Waals surface area contributed by atoms with E-state index in [4.69, 9.17) is 10.8 Å². The van der Waals surface area contributed by atoms with Crippen LogP contribution in [0.2, 0.25) is 0 Å². The maximum absolute atomic E-state index is 9.88. The second-order valence-electron chi connectivity index (χ2n) is 4.88. The minimum atomic E-state index is -0.979. The SMILES string of the molecule is CNC1CN(c2ccc(N)c(C(O)CO)c2)CC1O. The third kappa shape index (κ3) is 2.82. The molecule has 6 nitrogen and oxygen atoms in total. The molecule has 0 amide bonds. The van der Waals surface area contributed by atoms with Crippen LogP contribution < -0.4 is 16.0 Å². The van der Waals surface area contributed by atoms with E-state index in [9.17, 15) is 10.2 Å². The smallest absolute Gasteiger partial charge is 0.104 e. The van der Waals surface area contributed by atoms with Crippen LogP contribution in [0.15, 0.2) is 18.2 Å². The molecule has 1 aromatic carbocycles. The van der Waals surface area contributed by atoms with Gasteiger partial charge in [-0.3, -0.25) is 0 Å². The average molecular weight is 267 g/mol. The molecule has 3 atom stereocenters. The van der Waals surface area contributed by atoms with Gasteiger partial charge in [-0.1, -0.05) is 0 Å². The first-order valence-electron chi connectivity index (χ1n) is 6.35. The number of anilines is 2. The van der Waals surface area contributed by atoms with Gasteiger partial charge in [-0.15, -0.1) is 0 Å². The summed E-state index contributed by atoms with van der Waals surface area (Å²) in [5.41, 5.74) is 7.65. The second kappa shape index (κ2) is 5.75. The van der Waals surface area contributed by atoms with Crippen LogP contribution in [0.1, 0.15) is 11.7 Å². The molecule has 1 aliphatic heterocycles. The van der Waals surface area contributed by atoms with E-state index in [-0.39, 0.29) is 12.6 Å². The molecule has 0 spiro atoms. The van der Waals surface area contributed by atoms with Gasteiger partial charge in [0, 0.05) is 30.0 Å². The highest BCUT2D eigenvalue weighted by Crippen LogP contribution is 2.28. The topological polar surface area (TPSA) is 102 Å². The highest BCUT2D eigenvalue weighted by molar-refractivity contribution is 5.60. The Morgan fingerprint density at radius 1 is 1.47 bits per heavy atom. The summed E-state index contributed by atoms with van der Waals surface area (Å²) in [5, 5.41) is 31.7. The molecule has 0 bridgehead atoms. The third-order valence-electron chi connectivity index (χ3n) is 3.63. The van der Waals surface area contributed by atoms with Gasteiger partial charge in [0.15, 0.2) is 0 Å². The molecular formula is C13H21N3O3. The fraction of sp³-hybridized carbons (Fsp3) is 0.538. The fourth-order valence-corrected chi connectivity index (χ4v) is 2.43. The van der Waals surface area contributed by atoms with Crippen molar-refractivity contribution in [2.24, 2.45) is 0 Å². The molecule has 1 saturated heterocycles. The Hall–Kier alpha value is -1.34. The van der Waals surface area contributed by atoms with Gasteiger partial charge in [-0.05, 0) is 25.2 Å². The van der Waals surface area contributed by atoms with Gasteiger partial charge >= 0.3 is 0 Å². The van der Waals surface area contributed by atoms with E-state index in [0.717, 1.165) is 5.69 Å². The fourth-order valence-electron chi connectivity index (χ4n) is 2.43. The van der Waals surface area contributed by atoms with Gasteiger partial charge in [-0.25, -0.2) is 0 Å². The summed E-state index contributed by atoms with van der Waals surface area (Å²) in [5.74, 6) is 0. The van der Waals surface area contributed by atoms with Crippen LogP contribution in [0.4, 0.5) is 11.4 Å². The third-order valence-corrected chi connectivity index (χ3v) is 3.63. The minimum absolute atomic E-state index is 0.0313. The second-order valence-corrected chi connectivity index (χ2v) is 4.88. The molecule has 0 radical (unpaired) electrons. The van der Waals surface area contributed by atoms with E-state index < -0.39 is 12.2 Å². The van der Waals surface area contributed by atoms with Crippen LogP contribution >= 0.6 is 0 Å². The number of β-amino-alcohol motifs (C(OH)–C–C–N with tert-alkyl or cyclic N) is 1. The Balaban J connectivity index is 2.22. The number of benzene rings is 1. The van der Waals surface area contributed by atoms with Crippen LogP contribution in [0.5, 0.6) is 0 Å². The summed E-state index contributed by atoms with van der Waals surface area (Å²) in [6.45, 7) is 0.857. The number of aliphatic hydroxyl groups is 3. The first kappa shape index (κ1) is 14.1. The molecule has 0 aromatic heterocycles. The van der Waals surface area contributed by atoms with Gasteiger partial charge in [-0.2, -0.15) is 0 Å². The zero-order chi connectivity index (χ0) is 14.0. The lowest BCUT2D eigenvalue weighted by atomic mass is 10.1. The highest BCUT2D eigenvalue weighted by atomic mass is 16.3. The largest absolute Gasteiger partial charge is 0.398 e. The molecule has 6 heteroatoms. The molecular weight excluding hydrogens is 246 g/mol. The van der Waals surface area contributed by atoms with Crippen molar-refractivity contribution in [1.82, 2.24) is 5.32 Å². The van der Waals surface area contributed by atoms with E-state index in [2.05, 4.69) is 5.32 Å². The maximum Gasteiger partial charge on any atom is 0.104 e. The Morgan fingerprint density at radius 3 is 2.79 bits per heavy atom. The van der Waals surface area contributed by atoms with E-state index in [1.165, 1.54) is 0 Å². The van der Waals surface area contributed by atoms with Gasteiger partial charge in [0.1, 0.15) is 6.10 Å². The molecule has 2 rings (SSSR count). The Morgan fingerprint density at radius 2 is 2.21 bits per heavy atom. The van der Waals surface area contributed by atoms with E-state index in [1.54, 1.807) is 12.1 Å². The number of nitrogens with one attached hydrogen (secondary N) is 1. The number of rotatable bonds is 4. The zero-order valence-corrected chi connectivity index (χ0v) is 11.0. The zero-order valence-electron chi connectivity index (χ0n) is 11.0. The molecule has 1 aromatic rings. The monoisotopic (exact) mass is 267 g/mol. The lowest BCUT2D eigenvalue weighted by Crippen LogP contribution is -2.36. The van der Waals surface area contributed by atoms with Crippen LogP contribution in [0, 0.1) is 0 Å². The number of hydrogen-bond donors (Lipinski definition) is 5. The Kier molecular flexibility index (Phi) is 4.26. The summed E-state index contributed by atoms with van der Waals surface area (Å²) in [4.78, 5) is 2.03. The van der Waals surface area contributed by atoms with Crippen molar-refractivity contribution < 1.29 is 15.3 Å². The summed E-state index contributed by atoms with van der Waals surface area (Å²) in [7, 11) is 1.82. The highest BCUT2D eigenvalue weighted by Gasteiger charge is 2.30. The molecule has 1 heterocycles. The van der Waals surface area contributed by atoms with Gasteiger partial charge in [0.25, 0.3) is 0 Å². The summed E-state index contributed by atoms with van der Waals surface area (Å²) in [6.07, 6.45) is -1.40. The molecule has 6 N–H and O–H groups in total. The molecule has 3 unspecified atom stereocenters. The van der Waals surface area contributed by atoms with Crippen LogP contribution in [-0.4, -0.2) is 54.2 Å². The van der Waals surface area contributed by atoms with Crippen LogP contribution in [0.3, 0.4) is 0 Å². The lowest BCUT2D eigenvalue weighted by Gasteiger charge is -2.21. The normalized spacial score (nSPS) is 24.7. The lowest BCUT2D eigenvalue weighted by molar-refractivity contribution is 0.0962. The van der Waals surface area contributed by atoms with Crippen molar-refractivity contribution in [3.05, 3.63) is 23.8 Å². The first-order valence-corrected chi connectivity index (χ1v) is 6.35. The van der Waals surface area contributed by atoms with Crippen LogP contribution in [-0.2, 0) is 0 Å². The molecule has 19 heavy (non-hydrogen) atoms. The molecule has 0 aliphatic carbocycles. The first-order chi connectivity index (χ1) is 9.06. The van der Waals surface area contributed by atoms with E-state index in [0.29, 0.717) is 24.3 Å². The Bertz CT molecular complexity index is 441. The van der Waals surface area contributed by atoms with Gasteiger partial charge in [0.2, 0.25) is 0 Å². The molecule has 0 saturated carbocycles. The van der Waals surface area contributed by atoms with Crippen molar-refractivity contribution in [3.8, 4) is 0 Å². The summed E-state index contributed by atoms with van der Waals surface area (Å²) >= 11 is 0. The number of aliphatic hydroxyl groups excluding tert-OH is 3. The molecule has 1 aliphatic rings. The number of likely N-dealkylation sites (N-methyl/N-ethyl adjacent to an activating group) is 1. The number of nitrogens with zero attached hydrogens (tertiary/aromatic N) is 1. The molecule has 1 fully saturated rings. The van der Waals surface area contributed by atoms with Crippen molar-refractivity contribution in [2.45, 2.75) is 18.2 Å². The summed E-state index contributed by atoms with van der Waals surface area (Å²) < 4.78 is 0. The number of nitrogen functional groups attached to an aromatic ring is 1. The Labute approximate surface area is 112 Å². The van der Waals surface area contributed by atoms with Crippen molar-refractivity contribution >= 4 is 11.4 Å². The van der Waals surface area contributed by atoms with E-state index in [1.807, 2.05) is 18.0 Å². The minimum Gasteiger partial charge on any atom is -0.398 e.